The summed E-state index contributed by atoms with van der Waals surface area (Å²) in [6, 6.07) is 0. The Balaban J connectivity index is 3.86. The molecule has 0 saturated heterocycles. The van der Waals surface area contributed by atoms with Crippen molar-refractivity contribution in [1.82, 2.24) is 0 Å². The van der Waals surface area contributed by atoms with Crippen LogP contribution in [0.15, 0.2) is 0 Å². The van der Waals surface area contributed by atoms with E-state index in [2.05, 4.69) is 4.74 Å². The van der Waals surface area contributed by atoms with Gasteiger partial charge in [0.2, 0.25) is 0 Å². The molecule has 0 bridgehead atoms. The molecule has 2 unspecified atom stereocenters. The third kappa shape index (κ3) is 5.47. The molecule has 0 aromatic rings. The number of hydrogen-bond acceptors (Lipinski definition) is 3. The Kier molecular flexibility index (Phi) is 6.32. The Labute approximate surface area is 78.8 Å². The summed E-state index contributed by atoms with van der Waals surface area (Å²) in [5, 5.41) is 8.31. The molecule has 0 spiro atoms. The highest BCUT2D eigenvalue weighted by Crippen LogP contribution is 2.11. The molecule has 4 heteroatoms. The third-order valence-electron chi connectivity index (χ3n) is 2.03. The average molecular weight is 190 g/mol. The van der Waals surface area contributed by atoms with Crippen LogP contribution in [0.2, 0.25) is 0 Å². The van der Waals surface area contributed by atoms with Crippen molar-refractivity contribution in [1.29, 1.82) is 0 Å². The van der Waals surface area contributed by atoms with Gasteiger partial charge in [-0.2, -0.15) is 0 Å². The van der Waals surface area contributed by atoms with Crippen LogP contribution in [0.4, 0.5) is 4.79 Å². The van der Waals surface area contributed by atoms with E-state index < -0.39 is 6.16 Å². The van der Waals surface area contributed by atoms with Crippen LogP contribution >= 0.6 is 0 Å². The lowest BCUT2D eigenvalue weighted by Crippen LogP contribution is -2.28. The fourth-order valence-electron chi connectivity index (χ4n) is 1.01. The Morgan fingerprint density at radius 1 is 1.46 bits per heavy atom. The lowest BCUT2D eigenvalue weighted by Gasteiger charge is -2.21. The van der Waals surface area contributed by atoms with Crippen molar-refractivity contribution in [2.24, 2.45) is 5.92 Å². The fraction of sp³-hybridized carbons (Fsp3) is 0.889. The highest BCUT2D eigenvalue weighted by Gasteiger charge is 2.17. The zero-order valence-corrected chi connectivity index (χ0v) is 8.45. The summed E-state index contributed by atoms with van der Waals surface area (Å²) in [7, 11) is 0. The zero-order chi connectivity index (χ0) is 10.3. The minimum absolute atomic E-state index is 0.119. The Hall–Kier alpha value is -0.770. The lowest BCUT2D eigenvalue weighted by molar-refractivity contribution is -0.0288. The Morgan fingerprint density at radius 3 is 2.46 bits per heavy atom. The standard InChI is InChI=1S/C9H18O4/c1-4-7(3)8(12-5-2)6-13-9(10)11/h7-8H,4-6H2,1-3H3,(H,10,11). The molecule has 0 saturated carbocycles. The molecule has 0 heterocycles. The molecule has 2 atom stereocenters. The first-order valence-electron chi connectivity index (χ1n) is 4.59. The second kappa shape index (κ2) is 6.71. The molecule has 0 aliphatic heterocycles. The van der Waals surface area contributed by atoms with Gasteiger partial charge in [0.25, 0.3) is 0 Å². The van der Waals surface area contributed by atoms with E-state index in [-0.39, 0.29) is 12.7 Å². The SMILES string of the molecule is CCOC(COC(=O)O)C(C)CC. The van der Waals surface area contributed by atoms with Gasteiger partial charge in [-0.1, -0.05) is 20.3 Å². The van der Waals surface area contributed by atoms with Crippen LogP contribution in [0.3, 0.4) is 0 Å². The van der Waals surface area contributed by atoms with Gasteiger partial charge in [0, 0.05) is 6.61 Å². The molecule has 1 N–H and O–H groups in total. The molecular formula is C9H18O4. The number of carbonyl (C=O) groups is 1. The van der Waals surface area contributed by atoms with Crippen molar-refractivity contribution in [3.8, 4) is 0 Å². The largest absolute Gasteiger partial charge is 0.505 e. The summed E-state index contributed by atoms with van der Waals surface area (Å²) in [4.78, 5) is 10.1. The maximum atomic E-state index is 10.1. The highest BCUT2D eigenvalue weighted by molar-refractivity contribution is 5.56. The second-order valence-electron chi connectivity index (χ2n) is 2.96. The number of rotatable bonds is 6. The summed E-state index contributed by atoms with van der Waals surface area (Å²) in [6.07, 6.45) is -0.410. The van der Waals surface area contributed by atoms with Gasteiger partial charge in [-0.25, -0.2) is 4.79 Å². The second-order valence-corrected chi connectivity index (χ2v) is 2.96. The van der Waals surface area contributed by atoms with Gasteiger partial charge in [-0.05, 0) is 12.8 Å². The molecule has 0 amide bonds. The van der Waals surface area contributed by atoms with Crippen molar-refractivity contribution in [3.63, 3.8) is 0 Å². The van der Waals surface area contributed by atoms with Gasteiger partial charge >= 0.3 is 6.16 Å². The van der Waals surface area contributed by atoms with Crippen molar-refractivity contribution in [2.45, 2.75) is 33.3 Å². The molecule has 0 rings (SSSR count). The van der Waals surface area contributed by atoms with Crippen molar-refractivity contribution in [3.05, 3.63) is 0 Å². The van der Waals surface area contributed by atoms with E-state index in [4.69, 9.17) is 9.84 Å². The normalized spacial score (nSPS) is 15.0. The van der Waals surface area contributed by atoms with Crippen LogP contribution in [0, 0.1) is 5.92 Å². The Bertz CT molecular complexity index is 147. The molecule has 0 aliphatic rings. The third-order valence-corrected chi connectivity index (χ3v) is 2.03. The first-order valence-corrected chi connectivity index (χ1v) is 4.59. The summed E-state index contributed by atoms with van der Waals surface area (Å²) >= 11 is 0. The number of carboxylic acid groups (broad SMARTS) is 1. The van der Waals surface area contributed by atoms with E-state index in [0.717, 1.165) is 6.42 Å². The Morgan fingerprint density at radius 2 is 2.08 bits per heavy atom. The number of hydrogen-bond donors (Lipinski definition) is 1. The van der Waals surface area contributed by atoms with E-state index >= 15 is 0 Å². The summed E-state index contributed by atoms with van der Waals surface area (Å²) in [5.74, 6) is 0.319. The highest BCUT2D eigenvalue weighted by atomic mass is 16.7. The minimum atomic E-state index is -1.24. The van der Waals surface area contributed by atoms with Crippen LogP contribution in [0.25, 0.3) is 0 Å². The maximum absolute atomic E-state index is 10.1. The van der Waals surface area contributed by atoms with Crippen LogP contribution < -0.4 is 0 Å². The molecule has 78 valence electrons. The molecule has 0 fully saturated rings. The van der Waals surface area contributed by atoms with Crippen molar-refractivity contribution >= 4 is 6.16 Å². The fourth-order valence-corrected chi connectivity index (χ4v) is 1.01. The average Bonchev–Trinajstić information content (AvgIpc) is 2.10. The molecule has 0 aromatic carbocycles. The number of ether oxygens (including phenoxy) is 2. The molecule has 0 aliphatic carbocycles. The van der Waals surface area contributed by atoms with Gasteiger partial charge in [0.1, 0.15) is 6.61 Å². The van der Waals surface area contributed by atoms with Gasteiger partial charge in [0.15, 0.2) is 0 Å². The first kappa shape index (κ1) is 12.2. The van der Waals surface area contributed by atoms with E-state index in [0.29, 0.717) is 12.5 Å². The summed E-state index contributed by atoms with van der Waals surface area (Å²) in [6.45, 7) is 6.65. The predicted molar refractivity (Wildman–Crippen MR) is 48.8 cm³/mol. The van der Waals surface area contributed by atoms with Gasteiger partial charge < -0.3 is 14.6 Å². The monoisotopic (exact) mass is 190 g/mol. The predicted octanol–water partition coefficient (Wildman–Crippen LogP) is 2.13. The topological polar surface area (TPSA) is 55.8 Å². The van der Waals surface area contributed by atoms with E-state index in [9.17, 15) is 4.79 Å². The molecule has 13 heavy (non-hydrogen) atoms. The molecular weight excluding hydrogens is 172 g/mol. The summed E-state index contributed by atoms with van der Waals surface area (Å²) < 4.78 is 9.83. The zero-order valence-electron chi connectivity index (χ0n) is 8.45. The lowest BCUT2D eigenvalue weighted by atomic mass is 10.0. The van der Waals surface area contributed by atoms with E-state index in [1.807, 2.05) is 20.8 Å². The van der Waals surface area contributed by atoms with Gasteiger partial charge in [-0.3, -0.25) is 0 Å². The van der Waals surface area contributed by atoms with E-state index in [1.54, 1.807) is 0 Å². The van der Waals surface area contributed by atoms with Crippen LogP contribution in [0.5, 0.6) is 0 Å². The maximum Gasteiger partial charge on any atom is 0.505 e. The van der Waals surface area contributed by atoms with E-state index in [1.165, 1.54) is 0 Å². The van der Waals surface area contributed by atoms with Gasteiger partial charge in [0.05, 0.1) is 6.10 Å². The smallest absolute Gasteiger partial charge is 0.450 e. The van der Waals surface area contributed by atoms with Crippen molar-refractivity contribution < 1.29 is 19.4 Å². The summed E-state index contributed by atoms with van der Waals surface area (Å²) in [5.41, 5.74) is 0. The molecule has 0 radical (unpaired) electrons. The van der Waals surface area contributed by atoms with Crippen LogP contribution in [-0.2, 0) is 9.47 Å². The van der Waals surface area contributed by atoms with Crippen LogP contribution in [0.1, 0.15) is 27.2 Å². The first-order chi connectivity index (χ1) is 6.11. The van der Waals surface area contributed by atoms with Crippen molar-refractivity contribution in [2.75, 3.05) is 13.2 Å². The molecule has 4 nitrogen and oxygen atoms in total. The molecule has 0 aromatic heterocycles. The van der Waals surface area contributed by atoms with Gasteiger partial charge in [-0.15, -0.1) is 0 Å². The van der Waals surface area contributed by atoms with Crippen LogP contribution in [-0.4, -0.2) is 30.6 Å². The minimum Gasteiger partial charge on any atom is -0.450 e. The quantitative estimate of drug-likeness (QED) is 0.652.